The summed E-state index contributed by atoms with van der Waals surface area (Å²) in [6, 6.07) is 8.69. The third-order valence-corrected chi connectivity index (χ3v) is 6.18. The molecule has 0 bridgehead atoms. The average Bonchev–Trinajstić information content (AvgIpc) is 3.17. The summed E-state index contributed by atoms with van der Waals surface area (Å²) in [6.45, 7) is 3.97. The summed E-state index contributed by atoms with van der Waals surface area (Å²) in [6.07, 6.45) is 3.26. The molecule has 0 unspecified atom stereocenters. The first-order valence-electron chi connectivity index (χ1n) is 10.8. The molecule has 0 radical (unpaired) electrons. The van der Waals surface area contributed by atoms with Crippen molar-refractivity contribution in [3.05, 3.63) is 69.6 Å². The predicted octanol–water partition coefficient (Wildman–Crippen LogP) is 6.29. The van der Waals surface area contributed by atoms with Crippen molar-refractivity contribution < 1.29 is 18.3 Å². The zero-order valence-electron chi connectivity index (χ0n) is 18.1. The summed E-state index contributed by atoms with van der Waals surface area (Å²) in [4.78, 5) is 19.7. The Hall–Kier alpha value is -2.48. The molecule has 0 spiro atoms. The van der Waals surface area contributed by atoms with Gasteiger partial charge in [-0.25, -0.2) is 18.6 Å². The van der Waals surface area contributed by atoms with Crippen molar-refractivity contribution in [3.63, 3.8) is 0 Å². The first-order valence-corrected chi connectivity index (χ1v) is 11.6. The molecule has 1 aromatic heterocycles. The molecular formula is C24H23Cl2F2N3O2. The van der Waals surface area contributed by atoms with E-state index in [4.69, 9.17) is 27.9 Å². The van der Waals surface area contributed by atoms with Gasteiger partial charge in [0.25, 0.3) is 0 Å². The molecule has 5 nitrogen and oxygen atoms in total. The topological polar surface area (TPSA) is 47.4 Å². The number of piperidine rings is 1. The largest absolute Gasteiger partial charge is 0.461 e. The van der Waals surface area contributed by atoms with Crippen LogP contribution in [0.5, 0.6) is 0 Å². The van der Waals surface area contributed by atoms with E-state index in [2.05, 4.69) is 9.88 Å². The van der Waals surface area contributed by atoms with Gasteiger partial charge in [-0.3, -0.25) is 9.47 Å². The molecule has 0 saturated carbocycles. The molecule has 1 aliphatic heterocycles. The van der Waals surface area contributed by atoms with Gasteiger partial charge in [0, 0.05) is 5.56 Å². The molecule has 0 amide bonds. The van der Waals surface area contributed by atoms with Crippen LogP contribution in [0, 0.1) is 11.6 Å². The van der Waals surface area contributed by atoms with Gasteiger partial charge in [-0.15, -0.1) is 0 Å². The second kappa shape index (κ2) is 10.2. The highest BCUT2D eigenvalue weighted by Gasteiger charge is 2.29. The summed E-state index contributed by atoms with van der Waals surface area (Å²) < 4.78 is 36.0. The number of halogens is 4. The van der Waals surface area contributed by atoms with Crippen molar-refractivity contribution in [2.75, 3.05) is 19.7 Å². The Morgan fingerprint density at radius 1 is 1.09 bits per heavy atom. The smallest absolute Gasteiger partial charge is 0.359 e. The third kappa shape index (κ3) is 4.90. The van der Waals surface area contributed by atoms with Gasteiger partial charge in [-0.1, -0.05) is 35.7 Å². The number of imidazole rings is 1. The molecule has 1 aliphatic rings. The van der Waals surface area contributed by atoms with E-state index in [1.165, 1.54) is 24.3 Å². The number of esters is 1. The molecule has 1 saturated heterocycles. The Morgan fingerprint density at radius 3 is 2.55 bits per heavy atom. The summed E-state index contributed by atoms with van der Waals surface area (Å²) in [5.74, 6) is -1.46. The molecule has 3 aromatic rings. The van der Waals surface area contributed by atoms with Gasteiger partial charge in [0.2, 0.25) is 0 Å². The number of ether oxygens (including phenoxy) is 1. The van der Waals surface area contributed by atoms with Crippen LogP contribution in [0.3, 0.4) is 0 Å². The van der Waals surface area contributed by atoms with E-state index >= 15 is 4.39 Å². The molecule has 33 heavy (non-hydrogen) atoms. The van der Waals surface area contributed by atoms with E-state index in [-0.39, 0.29) is 33.7 Å². The van der Waals surface area contributed by atoms with Crippen molar-refractivity contribution >= 4 is 29.2 Å². The zero-order valence-corrected chi connectivity index (χ0v) is 19.6. The van der Waals surface area contributed by atoms with Crippen LogP contribution in [0.15, 0.2) is 36.4 Å². The number of nitrogens with zero attached hydrogens (tertiary/aromatic N) is 3. The lowest BCUT2D eigenvalue weighted by atomic mass is 10.1. The second-order valence-corrected chi connectivity index (χ2v) is 8.63. The lowest BCUT2D eigenvalue weighted by molar-refractivity contribution is 0.0520. The number of rotatable bonds is 6. The van der Waals surface area contributed by atoms with Gasteiger partial charge in [0.1, 0.15) is 11.6 Å². The van der Waals surface area contributed by atoms with Crippen LogP contribution in [0.25, 0.3) is 16.9 Å². The van der Waals surface area contributed by atoms with Gasteiger partial charge in [-0.2, -0.15) is 0 Å². The number of benzene rings is 2. The standard InChI is InChI=1S/C24H23Cl2F2N3O2/c1-2-33-24(32)22-23(15-9-10-18(27)17(26)13-15)31(19-8-6-7-16(25)21(19)28)20(29-22)14-30-11-4-3-5-12-30/h6-10,13H,2-5,11-12,14H2,1H3. The minimum atomic E-state index is -0.658. The fourth-order valence-corrected chi connectivity index (χ4v) is 4.42. The maximum Gasteiger partial charge on any atom is 0.359 e. The summed E-state index contributed by atoms with van der Waals surface area (Å²) in [5.41, 5.74) is 0.809. The van der Waals surface area contributed by atoms with Crippen molar-refractivity contribution in [1.82, 2.24) is 14.5 Å². The zero-order chi connectivity index (χ0) is 23.5. The van der Waals surface area contributed by atoms with E-state index in [1.807, 2.05) is 0 Å². The van der Waals surface area contributed by atoms with E-state index < -0.39 is 17.6 Å². The number of carbonyl (C=O) groups is 1. The molecule has 174 valence electrons. The molecule has 4 rings (SSSR count). The monoisotopic (exact) mass is 493 g/mol. The minimum absolute atomic E-state index is 0.00547. The van der Waals surface area contributed by atoms with E-state index in [9.17, 15) is 9.18 Å². The first-order chi connectivity index (χ1) is 15.9. The highest BCUT2D eigenvalue weighted by molar-refractivity contribution is 6.31. The number of likely N-dealkylation sites (tertiary alicyclic amines) is 1. The number of carbonyl (C=O) groups excluding carboxylic acids is 1. The minimum Gasteiger partial charge on any atom is -0.461 e. The SMILES string of the molecule is CCOC(=O)c1nc(CN2CCCCC2)n(-c2cccc(Cl)c2F)c1-c1ccc(F)c(Cl)c1. The van der Waals surface area contributed by atoms with Crippen molar-refractivity contribution in [2.24, 2.45) is 0 Å². The van der Waals surface area contributed by atoms with Crippen molar-refractivity contribution in [3.8, 4) is 16.9 Å². The lowest BCUT2D eigenvalue weighted by Gasteiger charge is -2.26. The Bertz CT molecular complexity index is 1180. The Labute approximate surface area is 200 Å². The van der Waals surface area contributed by atoms with Crippen LogP contribution in [-0.2, 0) is 11.3 Å². The van der Waals surface area contributed by atoms with E-state index in [1.54, 1.807) is 23.6 Å². The Morgan fingerprint density at radius 2 is 1.85 bits per heavy atom. The maximum atomic E-state index is 15.2. The number of aromatic nitrogens is 2. The van der Waals surface area contributed by atoms with Gasteiger partial charge < -0.3 is 4.74 Å². The molecule has 2 aromatic carbocycles. The van der Waals surface area contributed by atoms with Crippen LogP contribution >= 0.6 is 23.2 Å². The summed E-state index contributed by atoms with van der Waals surface area (Å²) in [7, 11) is 0. The van der Waals surface area contributed by atoms with Crippen molar-refractivity contribution in [1.29, 1.82) is 0 Å². The quantitative estimate of drug-likeness (QED) is 0.378. The molecule has 0 aliphatic carbocycles. The average molecular weight is 494 g/mol. The van der Waals surface area contributed by atoms with Gasteiger partial charge in [-0.05, 0) is 63.2 Å². The molecule has 0 N–H and O–H groups in total. The van der Waals surface area contributed by atoms with Crippen LogP contribution in [0.1, 0.15) is 42.5 Å². The third-order valence-electron chi connectivity index (χ3n) is 5.59. The maximum absolute atomic E-state index is 15.2. The number of hydrogen-bond acceptors (Lipinski definition) is 4. The molecule has 9 heteroatoms. The fourth-order valence-electron chi connectivity index (χ4n) is 4.07. The fraction of sp³-hybridized carbons (Fsp3) is 0.333. The Balaban J connectivity index is 1.98. The highest BCUT2D eigenvalue weighted by Crippen LogP contribution is 2.34. The Kier molecular flexibility index (Phi) is 7.32. The van der Waals surface area contributed by atoms with Gasteiger partial charge >= 0.3 is 5.97 Å². The van der Waals surface area contributed by atoms with Crippen LogP contribution in [-0.4, -0.2) is 40.1 Å². The molecule has 2 heterocycles. The van der Waals surface area contributed by atoms with Gasteiger partial charge in [0.05, 0.1) is 34.6 Å². The second-order valence-electron chi connectivity index (χ2n) is 7.82. The normalized spacial score (nSPS) is 14.5. The summed E-state index contributed by atoms with van der Waals surface area (Å²) >= 11 is 12.1. The first kappa shape index (κ1) is 23.7. The molecular weight excluding hydrogens is 471 g/mol. The summed E-state index contributed by atoms with van der Waals surface area (Å²) in [5, 5.41) is -0.190. The van der Waals surface area contributed by atoms with Crippen molar-refractivity contribution in [2.45, 2.75) is 32.7 Å². The van der Waals surface area contributed by atoms with E-state index in [0.29, 0.717) is 17.9 Å². The predicted molar refractivity (Wildman–Crippen MR) is 124 cm³/mol. The van der Waals surface area contributed by atoms with E-state index in [0.717, 1.165) is 32.4 Å². The van der Waals surface area contributed by atoms with Gasteiger partial charge in [0.15, 0.2) is 11.5 Å². The van der Waals surface area contributed by atoms with Crippen LogP contribution < -0.4 is 0 Å². The van der Waals surface area contributed by atoms with Crippen LogP contribution in [0.2, 0.25) is 10.0 Å². The number of hydrogen-bond donors (Lipinski definition) is 0. The molecule has 1 fully saturated rings. The van der Waals surface area contributed by atoms with Crippen LogP contribution in [0.4, 0.5) is 8.78 Å². The highest BCUT2D eigenvalue weighted by atomic mass is 35.5. The lowest BCUT2D eigenvalue weighted by Crippen LogP contribution is -2.30. The molecule has 0 atom stereocenters.